The van der Waals surface area contributed by atoms with E-state index < -0.39 is 0 Å². The summed E-state index contributed by atoms with van der Waals surface area (Å²) in [5.74, 6) is -0.203. The summed E-state index contributed by atoms with van der Waals surface area (Å²) in [6.45, 7) is 2.63. The number of carbonyl (C=O) groups is 1. The average molecular weight is 242 g/mol. The zero-order valence-electron chi connectivity index (χ0n) is 9.50. The van der Waals surface area contributed by atoms with E-state index in [4.69, 9.17) is 11.6 Å². The SMILES string of the molecule is COC(=O)CCN[C@@H](C)c1cccc(Cl)c1. The molecule has 0 spiro atoms. The van der Waals surface area contributed by atoms with Gasteiger partial charge in [-0.3, -0.25) is 4.79 Å². The maximum absolute atomic E-state index is 10.9. The Bertz CT molecular complexity index is 355. The third kappa shape index (κ3) is 4.21. The Hall–Kier alpha value is -1.06. The van der Waals surface area contributed by atoms with Gasteiger partial charge >= 0.3 is 5.97 Å². The second kappa shape index (κ2) is 6.51. The maximum atomic E-state index is 10.9. The lowest BCUT2D eigenvalue weighted by Gasteiger charge is -2.13. The predicted octanol–water partition coefficient (Wildman–Crippen LogP) is 2.55. The molecule has 1 rings (SSSR count). The molecular formula is C12H16ClNO2. The van der Waals surface area contributed by atoms with Gasteiger partial charge in [0.25, 0.3) is 0 Å². The highest BCUT2D eigenvalue weighted by Gasteiger charge is 2.06. The maximum Gasteiger partial charge on any atom is 0.306 e. The molecule has 0 aliphatic heterocycles. The minimum Gasteiger partial charge on any atom is -0.469 e. The van der Waals surface area contributed by atoms with E-state index in [1.807, 2.05) is 31.2 Å². The van der Waals surface area contributed by atoms with Gasteiger partial charge in [0.2, 0.25) is 0 Å². The molecule has 0 aromatic heterocycles. The first kappa shape index (κ1) is 13.0. The van der Waals surface area contributed by atoms with Gasteiger partial charge in [-0.25, -0.2) is 0 Å². The van der Waals surface area contributed by atoms with Gasteiger partial charge in [0.15, 0.2) is 0 Å². The quantitative estimate of drug-likeness (QED) is 0.806. The third-order valence-electron chi connectivity index (χ3n) is 2.36. The van der Waals surface area contributed by atoms with Crippen molar-refractivity contribution >= 4 is 17.6 Å². The molecule has 0 bridgehead atoms. The molecule has 0 saturated carbocycles. The van der Waals surface area contributed by atoms with Gasteiger partial charge in [-0.15, -0.1) is 0 Å². The molecule has 1 N–H and O–H groups in total. The van der Waals surface area contributed by atoms with E-state index in [0.717, 1.165) is 10.6 Å². The van der Waals surface area contributed by atoms with Crippen molar-refractivity contribution in [1.82, 2.24) is 5.32 Å². The van der Waals surface area contributed by atoms with E-state index >= 15 is 0 Å². The molecular weight excluding hydrogens is 226 g/mol. The van der Waals surface area contributed by atoms with Crippen molar-refractivity contribution in [3.63, 3.8) is 0 Å². The molecule has 1 aromatic rings. The van der Waals surface area contributed by atoms with Crippen molar-refractivity contribution in [3.8, 4) is 0 Å². The minimum absolute atomic E-state index is 0.170. The standard InChI is InChI=1S/C12H16ClNO2/c1-9(14-7-6-12(15)16-2)10-4-3-5-11(13)8-10/h3-5,8-9,14H,6-7H2,1-2H3/t9-/m0/s1. The third-order valence-corrected chi connectivity index (χ3v) is 2.59. The van der Waals surface area contributed by atoms with Crippen molar-refractivity contribution in [2.45, 2.75) is 19.4 Å². The summed E-state index contributed by atoms with van der Waals surface area (Å²) in [7, 11) is 1.39. The molecule has 1 aromatic carbocycles. The van der Waals surface area contributed by atoms with Gasteiger partial charge in [0.05, 0.1) is 13.5 Å². The molecule has 1 atom stereocenters. The molecule has 4 heteroatoms. The first-order valence-electron chi connectivity index (χ1n) is 5.19. The van der Waals surface area contributed by atoms with Crippen molar-refractivity contribution in [1.29, 1.82) is 0 Å². The summed E-state index contributed by atoms with van der Waals surface area (Å²) in [5, 5.41) is 3.95. The largest absolute Gasteiger partial charge is 0.469 e. The van der Waals surface area contributed by atoms with Crippen LogP contribution in [0, 0.1) is 0 Å². The zero-order valence-corrected chi connectivity index (χ0v) is 10.3. The molecule has 0 radical (unpaired) electrons. The van der Waals surface area contributed by atoms with Crippen molar-refractivity contribution in [3.05, 3.63) is 34.9 Å². The summed E-state index contributed by atoms with van der Waals surface area (Å²) >= 11 is 5.89. The molecule has 0 heterocycles. The summed E-state index contributed by atoms with van der Waals surface area (Å²) in [5.41, 5.74) is 1.11. The predicted molar refractivity (Wildman–Crippen MR) is 64.5 cm³/mol. The minimum atomic E-state index is -0.203. The second-order valence-corrected chi connectivity index (χ2v) is 3.99. The van der Waals surface area contributed by atoms with E-state index in [9.17, 15) is 4.79 Å². The fourth-order valence-electron chi connectivity index (χ4n) is 1.39. The lowest BCUT2D eigenvalue weighted by atomic mass is 10.1. The number of hydrogen-bond acceptors (Lipinski definition) is 3. The molecule has 0 amide bonds. The number of nitrogens with one attached hydrogen (secondary N) is 1. The molecule has 0 aliphatic rings. The van der Waals surface area contributed by atoms with Crippen LogP contribution < -0.4 is 5.32 Å². The van der Waals surface area contributed by atoms with Crippen molar-refractivity contribution < 1.29 is 9.53 Å². The Balaban J connectivity index is 2.40. The lowest BCUT2D eigenvalue weighted by molar-refractivity contribution is -0.140. The van der Waals surface area contributed by atoms with Crippen LogP contribution in [0.3, 0.4) is 0 Å². The molecule has 0 saturated heterocycles. The van der Waals surface area contributed by atoms with Crippen LogP contribution in [0.1, 0.15) is 24.9 Å². The number of halogens is 1. The van der Waals surface area contributed by atoms with Crippen molar-refractivity contribution in [2.75, 3.05) is 13.7 Å². The highest BCUT2D eigenvalue weighted by molar-refractivity contribution is 6.30. The van der Waals surface area contributed by atoms with Crippen LogP contribution in [-0.4, -0.2) is 19.6 Å². The monoisotopic (exact) mass is 241 g/mol. The first-order valence-corrected chi connectivity index (χ1v) is 5.57. The normalized spacial score (nSPS) is 12.2. The topological polar surface area (TPSA) is 38.3 Å². The number of hydrogen-bond donors (Lipinski definition) is 1. The van der Waals surface area contributed by atoms with E-state index in [-0.39, 0.29) is 12.0 Å². The molecule has 0 aliphatic carbocycles. The fourth-order valence-corrected chi connectivity index (χ4v) is 1.59. The number of benzene rings is 1. The number of methoxy groups -OCH3 is 1. The molecule has 16 heavy (non-hydrogen) atoms. The van der Waals surface area contributed by atoms with E-state index in [1.165, 1.54) is 7.11 Å². The van der Waals surface area contributed by atoms with Gasteiger partial charge in [0, 0.05) is 17.6 Å². The lowest BCUT2D eigenvalue weighted by Crippen LogP contribution is -2.22. The first-order chi connectivity index (χ1) is 7.63. The van der Waals surface area contributed by atoms with Gasteiger partial charge in [-0.2, -0.15) is 0 Å². The van der Waals surface area contributed by atoms with Crippen LogP contribution in [0.2, 0.25) is 5.02 Å². The number of rotatable bonds is 5. The molecule has 3 nitrogen and oxygen atoms in total. The number of esters is 1. The summed E-state index contributed by atoms with van der Waals surface area (Å²) in [6, 6.07) is 7.84. The van der Waals surface area contributed by atoms with E-state index in [2.05, 4.69) is 10.1 Å². The van der Waals surface area contributed by atoms with Gasteiger partial charge < -0.3 is 10.1 Å². The van der Waals surface area contributed by atoms with Crippen molar-refractivity contribution in [2.24, 2.45) is 0 Å². The second-order valence-electron chi connectivity index (χ2n) is 3.56. The number of carbonyl (C=O) groups excluding carboxylic acids is 1. The van der Waals surface area contributed by atoms with Crippen LogP contribution in [0.5, 0.6) is 0 Å². The smallest absolute Gasteiger partial charge is 0.306 e. The Morgan fingerprint density at radius 3 is 2.94 bits per heavy atom. The summed E-state index contributed by atoms with van der Waals surface area (Å²) in [6.07, 6.45) is 0.376. The van der Waals surface area contributed by atoms with Crippen LogP contribution in [0.15, 0.2) is 24.3 Å². The van der Waals surface area contributed by atoms with Gasteiger partial charge in [0.1, 0.15) is 0 Å². The van der Waals surface area contributed by atoms with Crippen LogP contribution in [-0.2, 0) is 9.53 Å². The van der Waals surface area contributed by atoms with Crippen LogP contribution in [0.4, 0.5) is 0 Å². The Morgan fingerprint density at radius 1 is 1.56 bits per heavy atom. The fraction of sp³-hybridized carbons (Fsp3) is 0.417. The average Bonchev–Trinajstić information content (AvgIpc) is 2.28. The van der Waals surface area contributed by atoms with E-state index in [0.29, 0.717) is 13.0 Å². The molecule has 88 valence electrons. The van der Waals surface area contributed by atoms with E-state index in [1.54, 1.807) is 0 Å². The Morgan fingerprint density at radius 2 is 2.31 bits per heavy atom. The highest BCUT2D eigenvalue weighted by Crippen LogP contribution is 2.17. The summed E-state index contributed by atoms with van der Waals surface area (Å²) < 4.78 is 4.56. The van der Waals surface area contributed by atoms with Crippen LogP contribution in [0.25, 0.3) is 0 Å². The van der Waals surface area contributed by atoms with Crippen LogP contribution >= 0.6 is 11.6 Å². The molecule has 0 unspecified atom stereocenters. The van der Waals surface area contributed by atoms with Gasteiger partial charge in [-0.05, 0) is 24.6 Å². The Labute approximate surface area is 101 Å². The van der Waals surface area contributed by atoms with Gasteiger partial charge in [-0.1, -0.05) is 23.7 Å². The highest BCUT2D eigenvalue weighted by atomic mass is 35.5. The Kier molecular flexibility index (Phi) is 5.29. The molecule has 0 fully saturated rings. The number of ether oxygens (including phenoxy) is 1. The zero-order chi connectivity index (χ0) is 12.0. The summed E-state index contributed by atoms with van der Waals surface area (Å²) in [4.78, 5) is 10.9.